The maximum Gasteiger partial charge on any atom is 0.254 e. The SMILES string of the molecule is O=C(c1cc(-c2ccco2)nc2cc(F)ccc12)N1C[C@@H]2C[C@H]1[C@@H](O)[C@H]2O. The Morgan fingerprint density at radius 2 is 2.07 bits per heavy atom. The molecular weight excluding hydrogens is 351 g/mol. The summed E-state index contributed by atoms with van der Waals surface area (Å²) in [4.78, 5) is 19.3. The summed E-state index contributed by atoms with van der Waals surface area (Å²) >= 11 is 0. The highest BCUT2D eigenvalue weighted by atomic mass is 19.1. The number of carbonyl (C=O) groups excluding carboxylic acids is 1. The monoisotopic (exact) mass is 368 g/mol. The van der Waals surface area contributed by atoms with Gasteiger partial charge < -0.3 is 19.5 Å². The van der Waals surface area contributed by atoms with Gasteiger partial charge >= 0.3 is 0 Å². The highest BCUT2D eigenvalue weighted by Gasteiger charge is 2.52. The number of aliphatic hydroxyl groups excluding tert-OH is 2. The van der Waals surface area contributed by atoms with E-state index in [2.05, 4.69) is 4.98 Å². The summed E-state index contributed by atoms with van der Waals surface area (Å²) in [5.41, 5.74) is 1.17. The molecule has 0 unspecified atom stereocenters. The number of rotatable bonds is 2. The Morgan fingerprint density at radius 3 is 2.78 bits per heavy atom. The van der Waals surface area contributed by atoms with Crippen molar-refractivity contribution in [1.82, 2.24) is 9.88 Å². The molecule has 0 spiro atoms. The first-order valence-corrected chi connectivity index (χ1v) is 8.84. The molecule has 3 heterocycles. The van der Waals surface area contributed by atoms with Crippen molar-refractivity contribution in [3.05, 3.63) is 54.0 Å². The van der Waals surface area contributed by atoms with Gasteiger partial charge in [0.1, 0.15) is 17.6 Å². The molecule has 2 aliphatic rings. The molecule has 1 aliphatic carbocycles. The van der Waals surface area contributed by atoms with Crippen LogP contribution in [0, 0.1) is 11.7 Å². The van der Waals surface area contributed by atoms with Crippen LogP contribution >= 0.6 is 0 Å². The number of carbonyl (C=O) groups is 1. The molecule has 5 rings (SSSR count). The van der Waals surface area contributed by atoms with Crippen molar-refractivity contribution in [2.45, 2.75) is 24.7 Å². The molecule has 7 heteroatoms. The summed E-state index contributed by atoms with van der Waals surface area (Å²) in [7, 11) is 0. The Balaban J connectivity index is 1.63. The molecule has 2 aromatic heterocycles. The van der Waals surface area contributed by atoms with Gasteiger partial charge in [-0.15, -0.1) is 0 Å². The van der Waals surface area contributed by atoms with Crippen LogP contribution in [-0.2, 0) is 0 Å². The zero-order valence-electron chi connectivity index (χ0n) is 14.2. The van der Waals surface area contributed by atoms with Crippen molar-refractivity contribution in [1.29, 1.82) is 0 Å². The Morgan fingerprint density at radius 1 is 1.22 bits per heavy atom. The second-order valence-corrected chi connectivity index (χ2v) is 7.20. The maximum absolute atomic E-state index is 13.7. The fourth-order valence-corrected chi connectivity index (χ4v) is 4.29. The molecule has 2 fully saturated rings. The fraction of sp³-hybridized carbons (Fsp3) is 0.300. The number of benzene rings is 1. The Kier molecular flexibility index (Phi) is 3.57. The lowest BCUT2D eigenvalue weighted by Gasteiger charge is -2.33. The minimum atomic E-state index is -0.942. The van der Waals surface area contributed by atoms with Gasteiger partial charge in [0.25, 0.3) is 5.91 Å². The second-order valence-electron chi connectivity index (χ2n) is 7.20. The molecule has 1 aromatic carbocycles. The number of furan rings is 1. The Hall–Kier alpha value is -2.77. The first-order valence-electron chi connectivity index (χ1n) is 8.84. The molecule has 0 radical (unpaired) electrons. The van der Waals surface area contributed by atoms with Crippen LogP contribution in [0.25, 0.3) is 22.4 Å². The summed E-state index contributed by atoms with van der Waals surface area (Å²) in [6.07, 6.45) is 0.353. The lowest BCUT2D eigenvalue weighted by Crippen LogP contribution is -2.50. The van der Waals surface area contributed by atoms with Gasteiger partial charge in [0, 0.05) is 23.9 Å². The van der Waals surface area contributed by atoms with Crippen LogP contribution in [0.15, 0.2) is 47.1 Å². The second kappa shape index (κ2) is 5.87. The standard InChI is InChI=1S/C20H17FN2O4/c21-11-3-4-12-13(8-15(22-14(12)7-11)17-2-1-5-27-17)20(26)23-9-10-6-16(23)19(25)18(10)24/h1-5,7-8,10,16,18-19,24-25H,6,9H2/t10-,16-,18-,19+/m0/s1. The zero-order chi connectivity index (χ0) is 18.7. The number of pyridine rings is 1. The summed E-state index contributed by atoms with van der Waals surface area (Å²) < 4.78 is 19.1. The highest BCUT2D eigenvalue weighted by Crippen LogP contribution is 2.39. The molecule has 1 aliphatic heterocycles. The third-order valence-corrected chi connectivity index (χ3v) is 5.64. The fourth-order valence-electron chi connectivity index (χ4n) is 4.29. The van der Waals surface area contributed by atoms with Crippen LogP contribution in [-0.4, -0.2) is 50.8 Å². The molecule has 1 saturated heterocycles. The molecular formula is C20H17FN2O4. The molecule has 1 saturated carbocycles. The van der Waals surface area contributed by atoms with E-state index in [4.69, 9.17) is 4.42 Å². The number of hydrogen-bond acceptors (Lipinski definition) is 5. The quantitative estimate of drug-likeness (QED) is 0.724. The number of aromatic nitrogens is 1. The van der Waals surface area contributed by atoms with Gasteiger partial charge in [0.05, 0.1) is 29.5 Å². The summed E-state index contributed by atoms with van der Waals surface area (Å²) in [6.45, 7) is 0.392. The molecule has 3 aromatic rings. The number of amides is 1. The van der Waals surface area contributed by atoms with Gasteiger partial charge in [-0.25, -0.2) is 9.37 Å². The van der Waals surface area contributed by atoms with Gasteiger partial charge in [0.15, 0.2) is 5.76 Å². The van der Waals surface area contributed by atoms with E-state index >= 15 is 0 Å². The van der Waals surface area contributed by atoms with Gasteiger partial charge in [-0.05, 0) is 36.8 Å². The van der Waals surface area contributed by atoms with E-state index in [9.17, 15) is 19.4 Å². The average molecular weight is 368 g/mol. The molecule has 27 heavy (non-hydrogen) atoms. The first kappa shape index (κ1) is 16.4. The first-order chi connectivity index (χ1) is 13.0. The number of likely N-dealkylation sites (tertiary alicyclic amines) is 1. The summed E-state index contributed by atoms with van der Waals surface area (Å²) in [5, 5.41) is 20.7. The molecule has 138 valence electrons. The molecule has 6 nitrogen and oxygen atoms in total. The van der Waals surface area contributed by atoms with Crippen LogP contribution in [0.2, 0.25) is 0 Å². The van der Waals surface area contributed by atoms with Gasteiger partial charge in [-0.1, -0.05) is 0 Å². The number of aliphatic hydroxyl groups is 2. The number of nitrogens with zero attached hydrogens (tertiary/aromatic N) is 2. The number of halogens is 1. The minimum absolute atomic E-state index is 0.121. The number of fused-ring (bicyclic) bond motifs is 3. The topological polar surface area (TPSA) is 86.8 Å². The van der Waals surface area contributed by atoms with Crippen LogP contribution < -0.4 is 0 Å². The smallest absolute Gasteiger partial charge is 0.254 e. The van der Waals surface area contributed by atoms with E-state index in [1.807, 2.05) is 0 Å². The van der Waals surface area contributed by atoms with Crippen LogP contribution in [0.5, 0.6) is 0 Å². The normalized spacial score (nSPS) is 26.9. The third-order valence-electron chi connectivity index (χ3n) is 5.64. The number of piperidine rings is 1. The third kappa shape index (κ3) is 2.46. The number of hydrogen-bond donors (Lipinski definition) is 2. The van der Waals surface area contributed by atoms with E-state index in [1.54, 1.807) is 23.1 Å². The van der Waals surface area contributed by atoms with Crippen molar-refractivity contribution in [2.24, 2.45) is 5.92 Å². The summed E-state index contributed by atoms with van der Waals surface area (Å²) in [6, 6.07) is 8.78. The lowest BCUT2D eigenvalue weighted by molar-refractivity contribution is -0.0369. The van der Waals surface area contributed by atoms with E-state index in [0.29, 0.717) is 40.9 Å². The predicted molar refractivity (Wildman–Crippen MR) is 94.3 cm³/mol. The highest BCUT2D eigenvalue weighted by molar-refractivity contribution is 6.07. The van der Waals surface area contributed by atoms with E-state index in [1.165, 1.54) is 24.5 Å². The van der Waals surface area contributed by atoms with Crippen molar-refractivity contribution < 1.29 is 23.8 Å². The lowest BCUT2D eigenvalue weighted by atomic mass is 10.0. The Labute approximate surface area is 153 Å². The van der Waals surface area contributed by atoms with E-state index < -0.39 is 24.1 Å². The minimum Gasteiger partial charge on any atom is -0.463 e. The average Bonchev–Trinajstić information content (AvgIpc) is 3.39. The predicted octanol–water partition coefficient (Wildman–Crippen LogP) is 2.20. The Bertz CT molecular complexity index is 1030. The van der Waals surface area contributed by atoms with Gasteiger partial charge in [-0.2, -0.15) is 0 Å². The van der Waals surface area contributed by atoms with E-state index in [-0.39, 0.29) is 11.8 Å². The molecule has 2 N–H and O–H groups in total. The zero-order valence-corrected chi connectivity index (χ0v) is 14.2. The van der Waals surface area contributed by atoms with Gasteiger partial charge in [0.2, 0.25) is 0 Å². The van der Waals surface area contributed by atoms with E-state index in [0.717, 1.165) is 0 Å². The molecule has 2 bridgehead atoms. The van der Waals surface area contributed by atoms with Gasteiger partial charge in [-0.3, -0.25) is 4.79 Å². The van der Waals surface area contributed by atoms with Crippen molar-refractivity contribution in [3.8, 4) is 11.5 Å². The van der Waals surface area contributed by atoms with Crippen LogP contribution in [0.1, 0.15) is 16.8 Å². The molecule has 1 amide bonds. The van der Waals surface area contributed by atoms with Crippen LogP contribution in [0.4, 0.5) is 4.39 Å². The summed E-state index contributed by atoms with van der Waals surface area (Å²) in [5.74, 6) is -0.346. The van der Waals surface area contributed by atoms with Crippen molar-refractivity contribution in [2.75, 3.05) is 6.54 Å². The maximum atomic E-state index is 13.7. The molecule has 4 atom stereocenters. The largest absolute Gasteiger partial charge is 0.463 e. The van der Waals surface area contributed by atoms with Crippen LogP contribution in [0.3, 0.4) is 0 Å². The van der Waals surface area contributed by atoms with Crippen molar-refractivity contribution in [3.63, 3.8) is 0 Å². The van der Waals surface area contributed by atoms with Crippen molar-refractivity contribution >= 4 is 16.8 Å².